The Morgan fingerprint density at radius 3 is 2.64 bits per heavy atom. The molecule has 0 bridgehead atoms. The van der Waals surface area contributed by atoms with Crippen LogP contribution < -0.4 is 4.74 Å². The van der Waals surface area contributed by atoms with Gasteiger partial charge in [0.25, 0.3) is 0 Å². The Hall–Kier alpha value is -3.40. The Bertz CT molecular complexity index is 1030. The molecule has 0 atom stereocenters. The van der Waals surface area contributed by atoms with E-state index in [9.17, 15) is 4.79 Å². The van der Waals surface area contributed by atoms with E-state index in [0.29, 0.717) is 11.3 Å². The lowest BCUT2D eigenvalue weighted by Gasteiger charge is -2.02. The molecule has 25 heavy (non-hydrogen) atoms. The largest absolute Gasteiger partial charge is 0.497 e. The second kappa shape index (κ2) is 6.24. The first kappa shape index (κ1) is 15.1. The fourth-order valence-electron chi connectivity index (χ4n) is 2.74. The van der Waals surface area contributed by atoms with Gasteiger partial charge in [0.15, 0.2) is 5.70 Å². The fraction of sp³-hybridized carbons (Fsp3) is 0.0476. The quantitative estimate of drug-likeness (QED) is 0.535. The summed E-state index contributed by atoms with van der Waals surface area (Å²) in [6.45, 7) is 0. The number of methoxy groups -OCH3 is 1. The van der Waals surface area contributed by atoms with Gasteiger partial charge in [-0.25, -0.2) is 9.79 Å². The van der Waals surface area contributed by atoms with E-state index in [0.717, 1.165) is 16.3 Å². The van der Waals surface area contributed by atoms with Crippen molar-refractivity contribution in [3.05, 3.63) is 83.6 Å². The average Bonchev–Trinajstić information content (AvgIpc) is 3.02. The van der Waals surface area contributed by atoms with E-state index in [1.807, 2.05) is 54.6 Å². The van der Waals surface area contributed by atoms with Crippen molar-refractivity contribution in [3.63, 3.8) is 0 Å². The highest BCUT2D eigenvalue weighted by atomic mass is 16.6. The fourth-order valence-corrected chi connectivity index (χ4v) is 2.74. The third-order valence-electron chi connectivity index (χ3n) is 4.01. The van der Waals surface area contributed by atoms with E-state index in [2.05, 4.69) is 11.1 Å². The van der Waals surface area contributed by atoms with Crippen LogP contribution >= 0.6 is 0 Å². The Labute approximate surface area is 145 Å². The van der Waals surface area contributed by atoms with Gasteiger partial charge in [-0.3, -0.25) is 0 Å². The number of cyclic esters (lactones) is 1. The van der Waals surface area contributed by atoms with Crippen LogP contribution in [0.3, 0.4) is 0 Å². The molecule has 3 aromatic carbocycles. The van der Waals surface area contributed by atoms with Crippen LogP contribution in [0.4, 0.5) is 0 Å². The zero-order chi connectivity index (χ0) is 17.2. The van der Waals surface area contributed by atoms with Crippen LogP contribution in [0.2, 0.25) is 0 Å². The summed E-state index contributed by atoms with van der Waals surface area (Å²) in [6, 6.07) is 21.3. The first-order chi connectivity index (χ1) is 12.2. The maximum Gasteiger partial charge on any atom is 0.363 e. The van der Waals surface area contributed by atoms with Gasteiger partial charge in [-0.05, 0) is 46.7 Å². The average molecular weight is 329 g/mol. The van der Waals surface area contributed by atoms with E-state index in [4.69, 9.17) is 9.47 Å². The number of fused-ring (bicyclic) bond motifs is 1. The molecular weight excluding hydrogens is 314 g/mol. The third kappa shape index (κ3) is 3.02. The molecule has 3 aromatic rings. The molecule has 0 fully saturated rings. The second-order valence-corrected chi connectivity index (χ2v) is 5.67. The van der Waals surface area contributed by atoms with Gasteiger partial charge in [0.1, 0.15) is 5.75 Å². The van der Waals surface area contributed by atoms with Crippen LogP contribution in [-0.2, 0) is 9.53 Å². The maximum atomic E-state index is 12.1. The van der Waals surface area contributed by atoms with Crippen molar-refractivity contribution >= 4 is 28.7 Å². The Morgan fingerprint density at radius 2 is 1.80 bits per heavy atom. The minimum absolute atomic E-state index is 0.285. The summed E-state index contributed by atoms with van der Waals surface area (Å²) in [5.41, 5.74) is 1.89. The summed E-state index contributed by atoms with van der Waals surface area (Å²) in [7, 11) is 1.59. The Morgan fingerprint density at radius 1 is 0.960 bits per heavy atom. The standard InChI is InChI=1S/C21H15NO3/c1-24-18-8-4-7-17(13-18)20-22-19(21(23)25-20)12-14-9-10-15-5-2-3-6-16(15)11-14/h2-13H,1H3/b19-12-. The molecule has 0 unspecified atom stereocenters. The first-order valence-corrected chi connectivity index (χ1v) is 7.89. The van der Waals surface area contributed by atoms with Crippen molar-refractivity contribution < 1.29 is 14.3 Å². The zero-order valence-corrected chi connectivity index (χ0v) is 13.6. The van der Waals surface area contributed by atoms with Crippen molar-refractivity contribution in [2.24, 2.45) is 4.99 Å². The van der Waals surface area contributed by atoms with Gasteiger partial charge in [0.2, 0.25) is 5.90 Å². The number of carbonyl (C=O) groups excluding carboxylic acids is 1. The molecule has 4 rings (SSSR count). The van der Waals surface area contributed by atoms with Crippen molar-refractivity contribution in [2.75, 3.05) is 7.11 Å². The number of hydrogen-bond acceptors (Lipinski definition) is 4. The molecule has 1 aliphatic rings. The third-order valence-corrected chi connectivity index (χ3v) is 4.01. The van der Waals surface area contributed by atoms with E-state index < -0.39 is 5.97 Å². The van der Waals surface area contributed by atoms with Crippen molar-refractivity contribution in [3.8, 4) is 5.75 Å². The predicted molar refractivity (Wildman–Crippen MR) is 97.5 cm³/mol. The topological polar surface area (TPSA) is 47.9 Å². The molecule has 0 saturated carbocycles. The lowest BCUT2D eigenvalue weighted by atomic mass is 10.1. The number of esters is 1. The monoisotopic (exact) mass is 329 g/mol. The highest BCUT2D eigenvalue weighted by molar-refractivity contribution is 6.13. The lowest BCUT2D eigenvalue weighted by molar-refractivity contribution is -0.129. The van der Waals surface area contributed by atoms with Gasteiger partial charge in [-0.15, -0.1) is 0 Å². The molecule has 1 heterocycles. The first-order valence-electron chi connectivity index (χ1n) is 7.89. The van der Waals surface area contributed by atoms with Gasteiger partial charge < -0.3 is 9.47 Å². The van der Waals surface area contributed by atoms with E-state index in [1.54, 1.807) is 19.3 Å². The second-order valence-electron chi connectivity index (χ2n) is 5.67. The molecular formula is C21H15NO3. The molecule has 1 aliphatic heterocycles. The van der Waals surface area contributed by atoms with Crippen molar-refractivity contribution in [1.29, 1.82) is 0 Å². The summed E-state index contributed by atoms with van der Waals surface area (Å²) >= 11 is 0. The summed E-state index contributed by atoms with van der Waals surface area (Å²) in [5, 5.41) is 2.26. The van der Waals surface area contributed by atoms with Gasteiger partial charge in [0, 0.05) is 5.56 Å². The summed E-state index contributed by atoms with van der Waals surface area (Å²) < 4.78 is 10.5. The predicted octanol–water partition coefficient (Wildman–Crippen LogP) is 4.19. The van der Waals surface area contributed by atoms with Crippen LogP contribution in [0, 0.1) is 0 Å². The number of ether oxygens (including phenoxy) is 2. The molecule has 0 amide bonds. The molecule has 4 heteroatoms. The number of rotatable bonds is 3. The summed E-state index contributed by atoms with van der Waals surface area (Å²) in [6.07, 6.45) is 1.74. The normalized spacial score (nSPS) is 15.3. The molecule has 0 spiro atoms. The van der Waals surface area contributed by atoms with Crippen LogP contribution in [0.1, 0.15) is 11.1 Å². The molecule has 0 radical (unpaired) electrons. The van der Waals surface area contributed by atoms with E-state index in [1.165, 1.54) is 0 Å². The molecule has 0 aliphatic carbocycles. The smallest absolute Gasteiger partial charge is 0.363 e. The van der Waals surface area contributed by atoms with Gasteiger partial charge in [-0.1, -0.05) is 42.5 Å². The highest BCUT2D eigenvalue weighted by Gasteiger charge is 2.24. The van der Waals surface area contributed by atoms with E-state index >= 15 is 0 Å². The van der Waals surface area contributed by atoms with Crippen LogP contribution in [0.15, 0.2) is 77.4 Å². The summed E-state index contributed by atoms with van der Waals surface area (Å²) in [5.74, 6) is 0.519. The lowest BCUT2D eigenvalue weighted by Crippen LogP contribution is -2.05. The number of nitrogens with zero attached hydrogens (tertiary/aromatic N) is 1. The molecule has 0 aromatic heterocycles. The highest BCUT2D eigenvalue weighted by Crippen LogP contribution is 2.23. The number of benzene rings is 3. The number of hydrogen-bond donors (Lipinski definition) is 0. The maximum absolute atomic E-state index is 12.1. The molecule has 122 valence electrons. The Balaban J connectivity index is 1.69. The molecule has 4 nitrogen and oxygen atoms in total. The molecule has 0 N–H and O–H groups in total. The van der Waals surface area contributed by atoms with Crippen LogP contribution in [0.5, 0.6) is 5.75 Å². The number of aliphatic imine (C=N–C) groups is 1. The van der Waals surface area contributed by atoms with Crippen LogP contribution in [0.25, 0.3) is 16.8 Å². The van der Waals surface area contributed by atoms with Crippen molar-refractivity contribution in [1.82, 2.24) is 0 Å². The Kier molecular flexibility index (Phi) is 3.78. The van der Waals surface area contributed by atoms with Crippen molar-refractivity contribution in [2.45, 2.75) is 0 Å². The SMILES string of the molecule is COc1cccc(C2=N/C(=C\c3ccc4ccccc4c3)C(=O)O2)c1. The zero-order valence-electron chi connectivity index (χ0n) is 13.6. The number of carbonyl (C=O) groups is 1. The minimum atomic E-state index is -0.453. The minimum Gasteiger partial charge on any atom is -0.497 e. The van der Waals surface area contributed by atoms with E-state index in [-0.39, 0.29) is 11.6 Å². The summed E-state index contributed by atoms with van der Waals surface area (Å²) in [4.78, 5) is 16.5. The van der Waals surface area contributed by atoms with Crippen LogP contribution in [-0.4, -0.2) is 19.0 Å². The van der Waals surface area contributed by atoms with Gasteiger partial charge in [0.05, 0.1) is 7.11 Å². The van der Waals surface area contributed by atoms with Gasteiger partial charge >= 0.3 is 5.97 Å². The molecule has 0 saturated heterocycles. The van der Waals surface area contributed by atoms with Gasteiger partial charge in [-0.2, -0.15) is 0 Å².